The largest absolute Gasteiger partial charge is 0.488 e. The Kier molecular flexibility index (Phi) is 6.90. The van der Waals surface area contributed by atoms with Gasteiger partial charge >= 0.3 is 17.8 Å². The Bertz CT molecular complexity index is 881. The SMILES string of the molecule is CNC(=O)C(=O)N/N=C\c1cc(Cl)ccc1OCc1ccc(C(=O)O)cc1. The molecule has 0 spiro atoms. The van der Waals surface area contributed by atoms with Gasteiger partial charge in [0.2, 0.25) is 0 Å². The number of aromatic carboxylic acids is 1. The van der Waals surface area contributed by atoms with Crippen LogP contribution in [0.1, 0.15) is 21.5 Å². The molecule has 3 N–H and O–H groups in total. The van der Waals surface area contributed by atoms with Crippen LogP contribution in [0, 0.1) is 0 Å². The number of hydrogen-bond donors (Lipinski definition) is 3. The van der Waals surface area contributed by atoms with Crippen molar-refractivity contribution in [3.63, 3.8) is 0 Å². The quantitative estimate of drug-likeness (QED) is 0.395. The lowest BCUT2D eigenvalue weighted by molar-refractivity contribution is -0.138. The van der Waals surface area contributed by atoms with Crippen molar-refractivity contribution in [2.75, 3.05) is 7.05 Å². The molecule has 0 aliphatic heterocycles. The Morgan fingerprint density at radius 1 is 1.15 bits per heavy atom. The number of halogens is 1. The van der Waals surface area contributed by atoms with Gasteiger partial charge in [-0.15, -0.1) is 0 Å². The molecule has 27 heavy (non-hydrogen) atoms. The number of carboxylic acid groups (broad SMARTS) is 1. The van der Waals surface area contributed by atoms with Crippen LogP contribution in [0.25, 0.3) is 0 Å². The monoisotopic (exact) mass is 389 g/mol. The fourth-order valence-corrected chi connectivity index (χ4v) is 2.16. The van der Waals surface area contributed by atoms with Crippen molar-refractivity contribution < 1.29 is 24.2 Å². The van der Waals surface area contributed by atoms with Crippen LogP contribution in [0.2, 0.25) is 5.02 Å². The lowest BCUT2D eigenvalue weighted by atomic mass is 10.1. The highest BCUT2D eigenvalue weighted by atomic mass is 35.5. The lowest BCUT2D eigenvalue weighted by Crippen LogP contribution is -2.35. The Labute approximate surface area is 159 Å². The fourth-order valence-electron chi connectivity index (χ4n) is 1.98. The van der Waals surface area contributed by atoms with E-state index in [1.807, 2.05) is 0 Å². The van der Waals surface area contributed by atoms with Crippen LogP contribution in [0.3, 0.4) is 0 Å². The third-order valence-corrected chi connectivity index (χ3v) is 3.61. The number of likely N-dealkylation sites (N-methyl/N-ethyl adjacent to an activating group) is 1. The Morgan fingerprint density at radius 3 is 2.48 bits per heavy atom. The standard InChI is InChI=1S/C18H16ClN3O5/c1-20-16(23)17(24)22-21-9-13-8-14(19)6-7-15(13)27-10-11-2-4-12(5-3-11)18(25)26/h2-9H,10H2,1H3,(H,20,23)(H,22,24)(H,25,26)/b21-9-. The van der Waals surface area contributed by atoms with E-state index in [1.165, 1.54) is 25.4 Å². The van der Waals surface area contributed by atoms with E-state index in [-0.39, 0.29) is 12.2 Å². The van der Waals surface area contributed by atoms with Crippen molar-refractivity contribution >= 4 is 35.6 Å². The summed E-state index contributed by atoms with van der Waals surface area (Å²) in [5.74, 6) is -2.28. The molecular weight excluding hydrogens is 374 g/mol. The molecule has 2 aromatic carbocycles. The first-order chi connectivity index (χ1) is 12.9. The van der Waals surface area contributed by atoms with Crippen molar-refractivity contribution in [1.29, 1.82) is 0 Å². The topological polar surface area (TPSA) is 117 Å². The van der Waals surface area contributed by atoms with Crippen LogP contribution in [-0.2, 0) is 16.2 Å². The molecule has 0 aliphatic carbocycles. The van der Waals surface area contributed by atoms with Crippen molar-refractivity contribution in [2.24, 2.45) is 5.10 Å². The summed E-state index contributed by atoms with van der Waals surface area (Å²) >= 11 is 5.97. The zero-order valence-corrected chi connectivity index (χ0v) is 15.0. The number of benzene rings is 2. The zero-order valence-electron chi connectivity index (χ0n) is 14.2. The average Bonchev–Trinajstić information content (AvgIpc) is 2.66. The van der Waals surface area contributed by atoms with Gasteiger partial charge in [-0.25, -0.2) is 10.2 Å². The number of rotatable bonds is 6. The summed E-state index contributed by atoms with van der Waals surface area (Å²) in [6.07, 6.45) is 1.30. The van der Waals surface area contributed by atoms with Gasteiger partial charge in [0.15, 0.2) is 0 Å². The Morgan fingerprint density at radius 2 is 1.85 bits per heavy atom. The average molecular weight is 390 g/mol. The maximum absolute atomic E-state index is 11.4. The third kappa shape index (κ3) is 5.82. The summed E-state index contributed by atoms with van der Waals surface area (Å²) in [5.41, 5.74) is 3.53. The van der Waals surface area contributed by atoms with Gasteiger partial charge < -0.3 is 15.2 Å². The van der Waals surface area contributed by atoms with E-state index in [0.29, 0.717) is 16.3 Å². The predicted octanol–water partition coefficient (Wildman–Crippen LogP) is 1.81. The summed E-state index contributed by atoms with van der Waals surface area (Å²) in [6, 6.07) is 11.1. The molecule has 2 aromatic rings. The van der Waals surface area contributed by atoms with Gasteiger partial charge in [0.1, 0.15) is 12.4 Å². The van der Waals surface area contributed by atoms with Crippen LogP contribution in [0.15, 0.2) is 47.6 Å². The maximum atomic E-state index is 11.4. The summed E-state index contributed by atoms with van der Waals surface area (Å²) in [7, 11) is 1.33. The number of amides is 2. The third-order valence-electron chi connectivity index (χ3n) is 3.37. The molecule has 0 bridgehead atoms. The second kappa shape index (κ2) is 9.35. The number of nitrogens with zero attached hydrogens (tertiary/aromatic N) is 1. The van der Waals surface area contributed by atoms with Crippen LogP contribution in [0.5, 0.6) is 5.75 Å². The van der Waals surface area contributed by atoms with Gasteiger partial charge in [0.25, 0.3) is 0 Å². The minimum atomic E-state index is -1.00. The van der Waals surface area contributed by atoms with Gasteiger partial charge in [0.05, 0.1) is 11.8 Å². The van der Waals surface area contributed by atoms with Gasteiger partial charge in [-0.2, -0.15) is 5.10 Å². The van der Waals surface area contributed by atoms with Crippen molar-refractivity contribution in [3.8, 4) is 5.75 Å². The van der Waals surface area contributed by atoms with Crippen molar-refractivity contribution in [3.05, 3.63) is 64.2 Å². The molecule has 0 radical (unpaired) electrons. The normalized spacial score (nSPS) is 10.4. The van der Waals surface area contributed by atoms with Gasteiger partial charge in [0, 0.05) is 17.6 Å². The van der Waals surface area contributed by atoms with E-state index in [1.54, 1.807) is 30.3 Å². The molecule has 0 fully saturated rings. The molecule has 0 heterocycles. The summed E-state index contributed by atoms with van der Waals surface area (Å²) in [4.78, 5) is 33.4. The minimum Gasteiger partial charge on any atom is -0.488 e. The fraction of sp³-hybridized carbons (Fsp3) is 0.111. The number of hydrazone groups is 1. The van der Waals surface area contributed by atoms with Crippen LogP contribution < -0.4 is 15.5 Å². The lowest BCUT2D eigenvalue weighted by Gasteiger charge is -2.10. The van der Waals surface area contributed by atoms with Crippen LogP contribution in [-0.4, -0.2) is 36.2 Å². The minimum absolute atomic E-state index is 0.185. The molecule has 0 aromatic heterocycles. The molecule has 0 unspecified atom stereocenters. The molecule has 140 valence electrons. The van der Waals surface area contributed by atoms with Crippen molar-refractivity contribution in [2.45, 2.75) is 6.61 Å². The smallest absolute Gasteiger partial charge is 0.335 e. The number of carboxylic acids is 1. The van der Waals surface area contributed by atoms with Gasteiger partial charge in [-0.3, -0.25) is 9.59 Å². The molecule has 8 nitrogen and oxygen atoms in total. The molecule has 0 atom stereocenters. The van der Waals surface area contributed by atoms with E-state index < -0.39 is 17.8 Å². The highest BCUT2D eigenvalue weighted by Crippen LogP contribution is 2.22. The molecule has 0 saturated carbocycles. The first-order valence-electron chi connectivity index (χ1n) is 7.70. The Balaban J connectivity index is 2.07. The summed E-state index contributed by atoms with van der Waals surface area (Å²) < 4.78 is 5.72. The molecule has 0 saturated heterocycles. The molecule has 2 rings (SSSR count). The summed E-state index contributed by atoms with van der Waals surface area (Å²) in [6.45, 7) is 0.187. The number of carbonyl (C=O) groups is 3. The predicted molar refractivity (Wildman–Crippen MR) is 99.0 cm³/mol. The molecule has 0 aliphatic rings. The number of hydrogen-bond acceptors (Lipinski definition) is 5. The molecular formula is C18H16ClN3O5. The van der Waals surface area contributed by atoms with E-state index in [2.05, 4.69) is 15.8 Å². The number of nitrogens with one attached hydrogen (secondary N) is 2. The molecule has 9 heteroatoms. The summed E-state index contributed by atoms with van der Waals surface area (Å²) in [5, 5.41) is 15.2. The van der Waals surface area contributed by atoms with E-state index in [4.69, 9.17) is 21.4 Å². The highest BCUT2D eigenvalue weighted by molar-refractivity contribution is 6.35. The van der Waals surface area contributed by atoms with Crippen LogP contribution in [0.4, 0.5) is 0 Å². The van der Waals surface area contributed by atoms with E-state index in [0.717, 1.165) is 5.56 Å². The zero-order chi connectivity index (χ0) is 19.8. The number of ether oxygens (including phenoxy) is 1. The van der Waals surface area contributed by atoms with Gasteiger partial charge in [-0.1, -0.05) is 23.7 Å². The van der Waals surface area contributed by atoms with Gasteiger partial charge in [-0.05, 0) is 35.9 Å². The number of carbonyl (C=O) groups excluding carboxylic acids is 2. The molecule has 2 amide bonds. The van der Waals surface area contributed by atoms with Crippen molar-refractivity contribution in [1.82, 2.24) is 10.7 Å². The second-order valence-corrected chi connectivity index (χ2v) is 5.69. The first kappa shape index (κ1) is 19.9. The van der Waals surface area contributed by atoms with Crippen LogP contribution >= 0.6 is 11.6 Å². The maximum Gasteiger partial charge on any atom is 0.335 e. The Hall–Kier alpha value is -3.39. The van der Waals surface area contributed by atoms with E-state index in [9.17, 15) is 14.4 Å². The van der Waals surface area contributed by atoms with E-state index >= 15 is 0 Å². The second-order valence-electron chi connectivity index (χ2n) is 5.25. The first-order valence-corrected chi connectivity index (χ1v) is 8.08. The highest BCUT2D eigenvalue weighted by Gasteiger charge is 2.10.